The van der Waals surface area contributed by atoms with Gasteiger partial charge in [0.2, 0.25) is 0 Å². The molecule has 1 heterocycles. The van der Waals surface area contributed by atoms with Gasteiger partial charge < -0.3 is 9.64 Å². The fraction of sp³-hybridized carbons (Fsp3) is 0.323. The van der Waals surface area contributed by atoms with Gasteiger partial charge in [0.05, 0.1) is 27.1 Å². The van der Waals surface area contributed by atoms with Gasteiger partial charge in [0, 0.05) is 43.1 Å². The Morgan fingerprint density at radius 2 is 1.67 bits per heavy atom. The Morgan fingerprint density at radius 3 is 2.30 bits per heavy atom. The number of rotatable bonds is 8. The van der Waals surface area contributed by atoms with Crippen molar-refractivity contribution < 1.29 is 26.7 Å². The second kappa shape index (κ2) is 12.7. The number of benzene rings is 3. The minimum atomic E-state index is -3.52. The van der Waals surface area contributed by atoms with Crippen LogP contribution in [0.2, 0.25) is 5.02 Å². The molecule has 1 fully saturated rings. The molecule has 0 radical (unpaired) electrons. The summed E-state index contributed by atoms with van der Waals surface area (Å²) in [7, 11) is -0.197. The largest absolute Gasteiger partial charge is 0.496 e. The molecule has 43 heavy (non-hydrogen) atoms. The third kappa shape index (κ3) is 6.40. The predicted molar refractivity (Wildman–Crippen MR) is 168 cm³/mol. The highest BCUT2D eigenvalue weighted by Gasteiger charge is 2.34. The highest BCUT2D eigenvalue weighted by atomic mass is 35.5. The maximum atomic E-state index is 14.7. The molecule has 5 rings (SSSR count). The molecule has 1 amide bonds. The van der Waals surface area contributed by atoms with Crippen LogP contribution >= 0.6 is 34.7 Å². The Bertz CT molecular complexity index is 1790. The Labute approximate surface area is 263 Å². The van der Waals surface area contributed by atoms with Crippen molar-refractivity contribution in [3.63, 3.8) is 0 Å². The summed E-state index contributed by atoms with van der Waals surface area (Å²) in [6.45, 7) is 0.0957. The topological polar surface area (TPSA) is 66.9 Å². The first-order chi connectivity index (χ1) is 20.4. The normalized spacial score (nSPS) is 17.4. The maximum Gasteiger partial charge on any atom is 0.266 e. The van der Waals surface area contributed by atoms with Crippen LogP contribution in [0.4, 0.5) is 8.78 Å². The molecule has 1 aliphatic rings. The van der Waals surface area contributed by atoms with Gasteiger partial charge in [-0.2, -0.15) is 0 Å². The average Bonchev–Trinajstić information content (AvgIpc) is 3.35. The van der Waals surface area contributed by atoms with Crippen molar-refractivity contribution in [1.29, 1.82) is 0 Å². The highest BCUT2D eigenvalue weighted by molar-refractivity contribution is 7.90. The summed E-state index contributed by atoms with van der Waals surface area (Å²) in [5.41, 5.74) is 1.81. The molecule has 0 spiro atoms. The van der Waals surface area contributed by atoms with Crippen molar-refractivity contribution in [2.24, 2.45) is 0 Å². The van der Waals surface area contributed by atoms with Gasteiger partial charge in [-0.05, 0) is 73.4 Å². The Morgan fingerprint density at radius 1 is 1.02 bits per heavy atom. The number of amides is 1. The van der Waals surface area contributed by atoms with Gasteiger partial charge in [-0.15, -0.1) is 11.3 Å². The summed E-state index contributed by atoms with van der Waals surface area (Å²) in [5, 5.41) is -0.233. The van der Waals surface area contributed by atoms with Crippen LogP contribution in [-0.2, 0) is 16.4 Å². The summed E-state index contributed by atoms with van der Waals surface area (Å²) in [6, 6.07) is 14.0. The number of carbonyl (C=O) groups excluding carboxylic acids is 1. The molecule has 0 atom stereocenters. The molecule has 0 saturated heterocycles. The molecule has 6 nitrogen and oxygen atoms in total. The van der Waals surface area contributed by atoms with E-state index in [0.717, 1.165) is 42.6 Å². The van der Waals surface area contributed by atoms with Crippen LogP contribution in [0.3, 0.4) is 0 Å². The van der Waals surface area contributed by atoms with Crippen molar-refractivity contribution in [3.05, 3.63) is 81.7 Å². The maximum absolute atomic E-state index is 14.7. The SMILES string of the molecule is COc1ccc(-c2ccccc2S(C)(=O)=O)cc1CN(C(=O)c1sc2c(F)ccc(F)c2c1Cl)C1CCC(N(C)Cl)CC1. The van der Waals surface area contributed by atoms with Gasteiger partial charge in [-0.3, -0.25) is 4.79 Å². The first kappa shape index (κ1) is 31.7. The quantitative estimate of drug-likeness (QED) is 0.179. The molecule has 3 aromatic carbocycles. The van der Waals surface area contributed by atoms with Crippen molar-refractivity contribution in [2.45, 2.75) is 49.2 Å². The number of fused-ring (bicyclic) bond motifs is 1. The first-order valence-corrected chi connectivity index (χ1v) is 17.0. The molecule has 4 aromatic rings. The third-order valence-corrected chi connectivity index (χ3v) is 11.1. The average molecular weight is 668 g/mol. The smallest absolute Gasteiger partial charge is 0.266 e. The van der Waals surface area contributed by atoms with Crippen LogP contribution in [0.1, 0.15) is 40.9 Å². The molecular formula is C31H30Cl2F2N2O4S2. The molecule has 0 aliphatic heterocycles. The number of ether oxygens (including phenoxy) is 1. The van der Waals surface area contributed by atoms with Crippen molar-refractivity contribution in [1.82, 2.24) is 9.32 Å². The monoisotopic (exact) mass is 666 g/mol. The minimum absolute atomic E-state index is 0.0160. The van der Waals surface area contributed by atoms with E-state index in [0.29, 0.717) is 35.3 Å². The number of carbonyl (C=O) groups is 1. The number of sulfone groups is 1. The molecule has 0 N–H and O–H groups in total. The third-order valence-electron chi connectivity index (χ3n) is 7.97. The van der Waals surface area contributed by atoms with Gasteiger partial charge in [0.15, 0.2) is 9.84 Å². The first-order valence-electron chi connectivity index (χ1n) is 13.6. The van der Waals surface area contributed by atoms with Gasteiger partial charge in [0.25, 0.3) is 5.91 Å². The summed E-state index contributed by atoms with van der Waals surface area (Å²) >= 11 is 13.6. The van der Waals surface area contributed by atoms with E-state index in [1.54, 1.807) is 52.8 Å². The lowest BCUT2D eigenvalue weighted by Crippen LogP contribution is -2.44. The van der Waals surface area contributed by atoms with Gasteiger partial charge >= 0.3 is 0 Å². The van der Waals surface area contributed by atoms with Crippen LogP contribution < -0.4 is 4.74 Å². The van der Waals surface area contributed by atoms with E-state index < -0.39 is 27.4 Å². The molecule has 0 unspecified atom stereocenters. The lowest BCUT2D eigenvalue weighted by Gasteiger charge is -2.38. The van der Waals surface area contributed by atoms with Crippen LogP contribution in [-0.4, -0.2) is 56.1 Å². The lowest BCUT2D eigenvalue weighted by molar-refractivity contribution is 0.0589. The fourth-order valence-electron chi connectivity index (χ4n) is 5.74. The summed E-state index contributed by atoms with van der Waals surface area (Å²) in [4.78, 5) is 16.2. The van der Waals surface area contributed by atoms with E-state index in [2.05, 4.69) is 0 Å². The van der Waals surface area contributed by atoms with Crippen LogP contribution in [0, 0.1) is 11.6 Å². The van der Waals surface area contributed by atoms with E-state index in [1.165, 1.54) is 7.11 Å². The number of nitrogens with zero attached hydrogens (tertiary/aromatic N) is 2. The summed E-state index contributed by atoms with van der Waals surface area (Å²) < 4.78 is 61.7. The van der Waals surface area contributed by atoms with E-state index in [-0.39, 0.29) is 43.5 Å². The number of hydrogen-bond acceptors (Lipinski definition) is 6. The number of halogens is 4. The molecule has 1 aromatic heterocycles. The van der Waals surface area contributed by atoms with E-state index in [1.807, 2.05) is 6.07 Å². The fourth-order valence-corrected chi connectivity index (χ4v) is 8.35. The zero-order valence-electron chi connectivity index (χ0n) is 23.7. The second-order valence-corrected chi connectivity index (χ2v) is 14.6. The Balaban J connectivity index is 1.59. The predicted octanol–water partition coefficient (Wildman–Crippen LogP) is 7.95. The standard InChI is InChI=1S/C31H30Cl2F2N2O4S2/c1-36(33)20-9-11-21(12-10-20)37(31(38)30-28(32)27-23(34)13-14-24(35)29(27)42-30)17-19-16-18(8-15-25(19)41-2)22-6-4-5-7-26(22)43(3,39)40/h4-8,13-16,20-21H,9-12,17H2,1-3H3. The van der Waals surface area contributed by atoms with E-state index >= 15 is 0 Å². The summed E-state index contributed by atoms with van der Waals surface area (Å²) in [6.07, 6.45) is 3.95. The second-order valence-electron chi connectivity index (χ2n) is 10.7. The van der Waals surface area contributed by atoms with Gasteiger partial charge in [0.1, 0.15) is 22.3 Å². The van der Waals surface area contributed by atoms with Crippen LogP contribution in [0.25, 0.3) is 21.2 Å². The summed E-state index contributed by atoms with van der Waals surface area (Å²) in [5.74, 6) is -1.30. The van der Waals surface area contributed by atoms with Crippen LogP contribution in [0.5, 0.6) is 5.75 Å². The van der Waals surface area contributed by atoms with Gasteiger partial charge in [-0.1, -0.05) is 35.9 Å². The number of thiophene rings is 1. The van der Waals surface area contributed by atoms with Crippen molar-refractivity contribution in [2.75, 3.05) is 20.4 Å². The van der Waals surface area contributed by atoms with E-state index in [4.69, 9.17) is 28.1 Å². The van der Waals surface area contributed by atoms with E-state index in [9.17, 15) is 22.0 Å². The molecule has 1 aliphatic carbocycles. The zero-order valence-corrected chi connectivity index (χ0v) is 26.9. The Hall–Kier alpha value is -2.76. The number of hydrogen-bond donors (Lipinski definition) is 0. The van der Waals surface area contributed by atoms with Gasteiger partial charge in [-0.25, -0.2) is 21.6 Å². The van der Waals surface area contributed by atoms with Crippen molar-refractivity contribution in [3.8, 4) is 16.9 Å². The lowest BCUT2D eigenvalue weighted by atomic mass is 9.89. The highest BCUT2D eigenvalue weighted by Crippen LogP contribution is 2.41. The van der Waals surface area contributed by atoms with Crippen molar-refractivity contribution >= 4 is 60.5 Å². The minimum Gasteiger partial charge on any atom is -0.496 e. The Kier molecular flexibility index (Phi) is 9.34. The molecular weight excluding hydrogens is 637 g/mol. The molecule has 228 valence electrons. The number of methoxy groups -OCH3 is 1. The van der Waals surface area contributed by atoms with Crippen LogP contribution in [0.15, 0.2) is 59.5 Å². The zero-order chi connectivity index (χ0) is 31.1. The molecule has 12 heteroatoms. The molecule has 1 saturated carbocycles. The molecule has 0 bridgehead atoms.